The summed E-state index contributed by atoms with van der Waals surface area (Å²) in [7, 11) is -2.10. The SMILES string of the molecule is CCOc1cc(C(CS(C)(=O)=O)N2C(=O)c3cccc(CCCCCCCCCCN4CCC(c5cc6c(cc5F)C(=O)N(C5CCC(=O)NC5=O)C6)CC4)c3C2=O)ccc1OC. The number of ether oxygens (including phenoxy) is 2. The van der Waals surface area contributed by atoms with Crippen LogP contribution in [0.4, 0.5) is 4.39 Å². The second-order valence-corrected chi connectivity index (χ2v) is 19.6. The Labute approximate surface area is 369 Å². The lowest BCUT2D eigenvalue weighted by Gasteiger charge is -2.32. The van der Waals surface area contributed by atoms with Crippen molar-refractivity contribution in [3.63, 3.8) is 0 Å². The van der Waals surface area contributed by atoms with E-state index in [1.54, 1.807) is 30.3 Å². The van der Waals surface area contributed by atoms with Gasteiger partial charge in [-0.3, -0.25) is 34.2 Å². The van der Waals surface area contributed by atoms with Gasteiger partial charge < -0.3 is 19.3 Å². The van der Waals surface area contributed by atoms with Gasteiger partial charge in [-0.1, -0.05) is 62.8 Å². The third kappa shape index (κ3) is 10.5. The summed E-state index contributed by atoms with van der Waals surface area (Å²) in [6.07, 6.45) is 12.5. The van der Waals surface area contributed by atoms with Crippen molar-refractivity contribution in [3.8, 4) is 11.5 Å². The van der Waals surface area contributed by atoms with Crippen molar-refractivity contribution in [2.24, 2.45) is 0 Å². The Hall–Kier alpha value is -5.15. The molecule has 0 aromatic heterocycles. The van der Waals surface area contributed by atoms with Crippen molar-refractivity contribution >= 4 is 39.4 Å². The van der Waals surface area contributed by atoms with Gasteiger partial charge in [-0.2, -0.15) is 0 Å². The third-order valence-corrected chi connectivity index (χ3v) is 13.9. The number of hydrogen-bond donors (Lipinski definition) is 1. The molecule has 2 saturated heterocycles. The molecule has 2 atom stereocenters. The molecule has 0 radical (unpaired) electrons. The quantitative estimate of drug-likeness (QED) is 0.0933. The van der Waals surface area contributed by atoms with Gasteiger partial charge >= 0.3 is 0 Å². The summed E-state index contributed by atoms with van der Waals surface area (Å²) < 4.78 is 51.8. The fourth-order valence-corrected chi connectivity index (χ4v) is 10.7. The zero-order valence-electron chi connectivity index (χ0n) is 36.6. The summed E-state index contributed by atoms with van der Waals surface area (Å²) in [5, 5.41) is 2.31. The van der Waals surface area contributed by atoms with Crippen molar-refractivity contribution < 1.29 is 46.3 Å². The molecular weight excluding hydrogens is 828 g/mol. The van der Waals surface area contributed by atoms with Crippen LogP contribution in [0.5, 0.6) is 11.5 Å². The predicted octanol–water partition coefficient (Wildman–Crippen LogP) is 6.92. The van der Waals surface area contributed by atoms with Crippen LogP contribution in [-0.2, 0) is 32.4 Å². The number of rotatable bonds is 20. The maximum Gasteiger partial charge on any atom is 0.262 e. The molecule has 2 unspecified atom stereocenters. The number of sulfone groups is 1. The van der Waals surface area contributed by atoms with Crippen molar-refractivity contribution in [1.29, 1.82) is 0 Å². The average molecular weight is 887 g/mol. The van der Waals surface area contributed by atoms with Crippen LogP contribution in [-0.4, -0.2) is 104 Å². The first-order valence-corrected chi connectivity index (χ1v) is 24.5. The fourth-order valence-electron chi connectivity index (χ4n) is 9.74. The number of hydrogen-bond acceptors (Lipinski definition) is 10. The van der Waals surface area contributed by atoms with Gasteiger partial charge in [0.15, 0.2) is 11.5 Å². The summed E-state index contributed by atoms with van der Waals surface area (Å²) in [5.74, 6) is -2.00. The topological polar surface area (TPSA) is 160 Å². The molecule has 15 heteroatoms. The van der Waals surface area contributed by atoms with Crippen LogP contribution in [0.1, 0.15) is 149 Å². The summed E-state index contributed by atoms with van der Waals surface area (Å²) >= 11 is 0. The van der Waals surface area contributed by atoms with Crippen molar-refractivity contribution in [1.82, 2.24) is 20.0 Å². The summed E-state index contributed by atoms with van der Waals surface area (Å²) in [6.45, 7) is 5.21. The van der Waals surface area contributed by atoms with Gasteiger partial charge in [-0.25, -0.2) is 12.8 Å². The minimum Gasteiger partial charge on any atom is -0.493 e. The average Bonchev–Trinajstić information content (AvgIpc) is 3.70. The highest BCUT2D eigenvalue weighted by atomic mass is 32.2. The van der Waals surface area contributed by atoms with Crippen LogP contribution in [0.15, 0.2) is 48.5 Å². The number of carbonyl (C=O) groups excluding carboxylic acids is 5. The zero-order chi connectivity index (χ0) is 44.8. The van der Waals surface area contributed by atoms with Gasteiger partial charge in [0.25, 0.3) is 17.7 Å². The van der Waals surface area contributed by atoms with Crippen molar-refractivity contribution in [2.45, 2.75) is 115 Å². The molecule has 3 aromatic rings. The number of methoxy groups -OCH3 is 1. The highest BCUT2D eigenvalue weighted by molar-refractivity contribution is 7.90. The maximum atomic E-state index is 15.4. The Morgan fingerprint density at radius 3 is 2.22 bits per heavy atom. The largest absolute Gasteiger partial charge is 0.493 e. The van der Waals surface area contributed by atoms with E-state index in [1.807, 2.05) is 19.1 Å². The lowest BCUT2D eigenvalue weighted by molar-refractivity contribution is -0.136. The molecule has 5 amide bonds. The number of imide groups is 2. The Morgan fingerprint density at radius 1 is 0.825 bits per heavy atom. The lowest BCUT2D eigenvalue weighted by atomic mass is 9.87. The number of nitrogens with zero attached hydrogens (tertiary/aromatic N) is 3. The number of halogens is 1. The molecule has 7 rings (SSSR count). The first-order valence-electron chi connectivity index (χ1n) is 22.5. The molecule has 338 valence electrons. The lowest BCUT2D eigenvalue weighted by Crippen LogP contribution is -2.52. The smallest absolute Gasteiger partial charge is 0.262 e. The van der Waals surface area contributed by atoms with E-state index >= 15 is 4.39 Å². The van der Waals surface area contributed by atoms with Crippen molar-refractivity contribution in [3.05, 3.63) is 93.3 Å². The first-order chi connectivity index (χ1) is 30.3. The van der Waals surface area contributed by atoms with E-state index in [9.17, 15) is 32.4 Å². The van der Waals surface area contributed by atoms with E-state index in [0.717, 1.165) is 106 Å². The fraction of sp³-hybridized carbons (Fsp3) is 0.521. The standard InChI is InChI=1S/C48H59FN4O9S/c1-4-62-42-27-33(17-19-41(42)61-2)40(30-63(3,59)60)53-47(57)35-16-13-15-32(44(35)48(53)58)14-11-9-7-5-6-8-10-12-23-51-24-21-31(22-25-51)36-26-34-29-52(46(56)37(34)28-38(36)49)39-18-20-43(54)50-45(39)55/h13,15-17,19,26-28,31,39-40H,4-12,14,18,20-25,29-30H2,1-3H3,(H,50,54,55). The number of fused-ring (bicyclic) bond motifs is 2. The van der Waals surface area contributed by atoms with E-state index in [2.05, 4.69) is 10.2 Å². The number of nitrogens with one attached hydrogen (secondary N) is 1. The highest BCUT2D eigenvalue weighted by Gasteiger charge is 2.43. The molecule has 13 nitrogen and oxygen atoms in total. The number of likely N-dealkylation sites (tertiary alicyclic amines) is 1. The molecule has 1 N–H and O–H groups in total. The monoisotopic (exact) mass is 886 g/mol. The first kappa shape index (κ1) is 45.9. The predicted molar refractivity (Wildman–Crippen MR) is 235 cm³/mol. The van der Waals surface area contributed by atoms with E-state index in [1.165, 1.54) is 18.1 Å². The van der Waals surface area contributed by atoms with Gasteiger partial charge in [0.2, 0.25) is 11.8 Å². The molecule has 2 fully saturated rings. The van der Waals surface area contributed by atoms with Gasteiger partial charge in [-0.05, 0) is 118 Å². The molecule has 4 heterocycles. The van der Waals surface area contributed by atoms with E-state index in [4.69, 9.17) is 9.47 Å². The van der Waals surface area contributed by atoms with E-state index in [-0.39, 0.29) is 42.9 Å². The number of unbranched alkanes of at least 4 members (excludes halogenated alkanes) is 7. The second-order valence-electron chi connectivity index (χ2n) is 17.4. The number of amides is 5. The van der Waals surface area contributed by atoms with Crippen LogP contribution in [0.3, 0.4) is 0 Å². The van der Waals surface area contributed by atoms with Gasteiger partial charge in [0.1, 0.15) is 21.7 Å². The second kappa shape index (κ2) is 20.1. The molecule has 63 heavy (non-hydrogen) atoms. The normalized spacial score (nSPS) is 18.8. The number of carbonyl (C=O) groups is 5. The van der Waals surface area contributed by atoms with Crippen LogP contribution in [0, 0.1) is 5.82 Å². The molecule has 0 saturated carbocycles. The zero-order valence-corrected chi connectivity index (χ0v) is 37.4. The molecule has 3 aromatic carbocycles. The van der Waals surface area contributed by atoms with Crippen LogP contribution in [0.2, 0.25) is 0 Å². The minimum absolute atomic E-state index is 0.0750. The van der Waals surface area contributed by atoms with Crippen LogP contribution >= 0.6 is 0 Å². The van der Waals surface area contributed by atoms with Crippen LogP contribution in [0.25, 0.3) is 0 Å². The Bertz CT molecular complexity index is 2350. The molecule has 0 bridgehead atoms. The maximum absolute atomic E-state index is 15.4. The number of benzene rings is 3. The van der Waals surface area contributed by atoms with Gasteiger partial charge in [0, 0.05) is 24.8 Å². The molecule has 4 aliphatic rings. The van der Waals surface area contributed by atoms with Gasteiger partial charge in [-0.15, -0.1) is 0 Å². The van der Waals surface area contributed by atoms with E-state index < -0.39 is 45.4 Å². The summed E-state index contributed by atoms with van der Waals surface area (Å²) in [6, 6.07) is 11.7. The Kier molecular flexibility index (Phi) is 14.7. The highest BCUT2D eigenvalue weighted by Crippen LogP contribution is 2.39. The van der Waals surface area contributed by atoms with Gasteiger partial charge in [0.05, 0.1) is 36.6 Å². The third-order valence-electron chi connectivity index (χ3n) is 13.0. The molecule has 0 spiro atoms. The molecular formula is C48H59FN4O9S. The number of aryl methyl sites for hydroxylation is 1. The Morgan fingerprint density at radius 2 is 1.54 bits per heavy atom. The minimum atomic E-state index is -3.60. The van der Waals surface area contributed by atoms with E-state index in [0.29, 0.717) is 52.3 Å². The molecule has 4 aliphatic heterocycles. The van der Waals surface area contributed by atoms with Crippen LogP contribution < -0.4 is 14.8 Å². The summed E-state index contributed by atoms with van der Waals surface area (Å²) in [5.41, 5.74) is 3.62. The van der Waals surface area contributed by atoms with Crippen molar-refractivity contribution in [2.75, 3.05) is 45.4 Å². The molecule has 0 aliphatic carbocycles. The number of piperidine rings is 2. The Balaban J connectivity index is 0.813. The summed E-state index contributed by atoms with van der Waals surface area (Å²) in [4.78, 5) is 70.0.